The number of fused-ring (bicyclic) bond motifs is 2. The number of piperidine rings is 1. The summed E-state index contributed by atoms with van der Waals surface area (Å²) in [6, 6.07) is 0.806. The minimum absolute atomic E-state index is 0.0906. The van der Waals surface area contributed by atoms with Crippen LogP contribution in [0.3, 0.4) is 0 Å². The van der Waals surface area contributed by atoms with Gasteiger partial charge in [0.25, 0.3) is 0 Å². The fourth-order valence-corrected chi connectivity index (χ4v) is 5.38. The van der Waals surface area contributed by atoms with Crippen molar-refractivity contribution in [1.82, 2.24) is 20.5 Å². The van der Waals surface area contributed by atoms with Gasteiger partial charge in [-0.1, -0.05) is 20.8 Å². The number of carbonyl (C=O) groups excluding carboxylic acids is 1. The average Bonchev–Trinajstić information content (AvgIpc) is 3.22. The zero-order chi connectivity index (χ0) is 22.8. The van der Waals surface area contributed by atoms with Gasteiger partial charge in [0.05, 0.1) is 10.7 Å². The van der Waals surface area contributed by atoms with Crippen LogP contribution in [0, 0.1) is 0 Å². The van der Waals surface area contributed by atoms with Crippen molar-refractivity contribution >= 4 is 23.4 Å². The van der Waals surface area contributed by atoms with Crippen molar-refractivity contribution in [2.24, 2.45) is 4.99 Å². The van der Waals surface area contributed by atoms with Crippen LogP contribution in [0.4, 0.5) is 4.79 Å². The van der Waals surface area contributed by atoms with E-state index in [1.165, 1.54) is 0 Å². The highest BCUT2D eigenvalue weighted by atomic mass is 32.1. The molecule has 2 unspecified atom stereocenters. The lowest BCUT2D eigenvalue weighted by molar-refractivity contribution is 0.00545. The highest BCUT2D eigenvalue weighted by Crippen LogP contribution is 2.36. The third kappa shape index (κ3) is 6.34. The van der Waals surface area contributed by atoms with Crippen molar-refractivity contribution in [3.8, 4) is 0 Å². The first-order valence-electron chi connectivity index (χ1n) is 11.4. The molecule has 3 rings (SSSR count). The molecule has 3 heterocycles. The lowest BCUT2D eigenvalue weighted by Gasteiger charge is -2.40. The number of nitrogens with one attached hydrogen (secondary N) is 2. The van der Waals surface area contributed by atoms with Gasteiger partial charge in [0, 0.05) is 48.9 Å². The van der Waals surface area contributed by atoms with Gasteiger partial charge < -0.3 is 20.3 Å². The largest absolute Gasteiger partial charge is 0.444 e. The molecule has 2 aliphatic rings. The number of hydrogen-bond acceptors (Lipinski definition) is 5. The van der Waals surface area contributed by atoms with E-state index in [1.54, 1.807) is 18.4 Å². The summed E-state index contributed by atoms with van der Waals surface area (Å²) in [7, 11) is 1.81. The first-order valence-corrected chi connectivity index (χ1v) is 12.3. The second-order valence-corrected chi connectivity index (χ2v) is 11.7. The molecule has 1 aromatic heterocycles. The molecule has 1 aromatic rings. The van der Waals surface area contributed by atoms with E-state index < -0.39 is 5.60 Å². The number of rotatable bonds is 4. The number of thiazole rings is 1. The van der Waals surface area contributed by atoms with Crippen LogP contribution >= 0.6 is 11.3 Å². The van der Waals surface area contributed by atoms with Gasteiger partial charge in [0.2, 0.25) is 0 Å². The van der Waals surface area contributed by atoms with Crippen LogP contribution in [0.1, 0.15) is 77.9 Å². The Morgan fingerprint density at radius 3 is 2.39 bits per heavy atom. The Morgan fingerprint density at radius 1 is 1.23 bits per heavy atom. The minimum Gasteiger partial charge on any atom is -0.444 e. The van der Waals surface area contributed by atoms with E-state index in [9.17, 15) is 4.79 Å². The predicted octanol–water partition coefficient (Wildman–Crippen LogP) is 4.08. The first-order chi connectivity index (χ1) is 14.5. The molecule has 2 fully saturated rings. The Hall–Kier alpha value is -1.83. The van der Waals surface area contributed by atoms with Gasteiger partial charge in [-0.3, -0.25) is 4.99 Å². The van der Waals surface area contributed by atoms with Gasteiger partial charge in [0.15, 0.2) is 5.96 Å². The highest BCUT2D eigenvalue weighted by molar-refractivity contribution is 7.09. The second-order valence-electron chi connectivity index (χ2n) is 10.7. The molecule has 31 heavy (non-hydrogen) atoms. The zero-order valence-corrected chi connectivity index (χ0v) is 20.9. The third-order valence-corrected chi connectivity index (χ3v) is 6.76. The Labute approximate surface area is 191 Å². The van der Waals surface area contributed by atoms with Crippen molar-refractivity contribution in [2.45, 2.75) is 103 Å². The molecule has 0 spiro atoms. The molecule has 174 valence electrons. The molecular formula is C23H39N5O2S. The average molecular weight is 450 g/mol. The third-order valence-electron chi connectivity index (χ3n) is 5.85. The van der Waals surface area contributed by atoms with Crippen molar-refractivity contribution in [1.29, 1.82) is 0 Å². The van der Waals surface area contributed by atoms with E-state index in [-0.39, 0.29) is 23.6 Å². The number of carbonyl (C=O) groups is 1. The van der Waals surface area contributed by atoms with Crippen molar-refractivity contribution in [3.05, 3.63) is 16.1 Å². The van der Waals surface area contributed by atoms with Gasteiger partial charge in [0.1, 0.15) is 5.60 Å². The van der Waals surface area contributed by atoms with Crippen molar-refractivity contribution in [3.63, 3.8) is 0 Å². The number of aliphatic imine (C=N–C) groups is 1. The number of ether oxygens (including phenoxy) is 1. The molecule has 0 radical (unpaired) electrons. The molecule has 2 N–H and O–H groups in total. The summed E-state index contributed by atoms with van der Waals surface area (Å²) in [4.78, 5) is 23.8. The van der Waals surface area contributed by atoms with E-state index in [0.717, 1.165) is 55.3 Å². The van der Waals surface area contributed by atoms with Crippen LogP contribution in [-0.2, 0) is 16.6 Å². The molecule has 0 aliphatic carbocycles. The normalized spacial score (nSPS) is 24.3. The van der Waals surface area contributed by atoms with Crippen LogP contribution in [0.5, 0.6) is 0 Å². The Balaban J connectivity index is 1.48. The summed E-state index contributed by atoms with van der Waals surface area (Å²) < 4.78 is 5.64. The summed E-state index contributed by atoms with van der Waals surface area (Å²) >= 11 is 1.73. The Kier molecular flexibility index (Phi) is 7.18. The van der Waals surface area contributed by atoms with Crippen LogP contribution < -0.4 is 10.6 Å². The molecule has 0 aromatic carbocycles. The van der Waals surface area contributed by atoms with Gasteiger partial charge >= 0.3 is 6.09 Å². The van der Waals surface area contributed by atoms with Gasteiger partial charge in [-0.15, -0.1) is 11.3 Å². The zero-order valence-electron chi connectivity index (χ0n) is 20.1. The molecule has 2 bridgehead atoms. The van der Waals surface area contributed by atoms with E-state index >= 15 is 0 Å². The predicted molar refractivity (Wildman–Crippen MR) is 127 cm³/mol. The first kappa shape index (κ1) is 23.8. The SMILES string of the molecule is CN=C(NCCc1nc(C(C)(C)C)cs1)NC1CC2CCC(C1)N2C(=O)OC(C)(C)C. The van der Waals surface area contributed by atoms with Crippen molar-refractivity contribution in [2.75, 3.05) is 13.6 Å². The maximum absolute atomic E-state index is 12.6. The molecular weight excluding hydrogens is 410 g/mol. The smallest absolute Gasteiger partial charge is 0.410 e. The van der Waals surface area contributed by atoms with Crippen LogP contribution in [-0.4, -0.2) is 59.3 Å². The molecule has 2 saturated heterocycles. The second kappa shape index (κ2) is 9.35. The maximum atomic E-state index is 12.6. The number of amides is 1. The van der Waals surface area contributed by atoms with Crippen molar-refractivity contribution < 1.29 is 9.53 Å². The molecule has 2 aliphatic heterocycles. The number of aromatic nitrogens is 1. The van der Waals surface area contributed by atoms with Gasteiger partial charge in [-0.25, -0.2) is 9.78 Å². The fraction of sp³-hybridized carbons (Fsp3) is 0.783. The van der Waals surface area contributed by atoms with Crippen LogP contribution in [0.15, 0.2) is 10.4 Å². The lowest BCUT2D eigenvalue weighted by atomic mass is 9.93. The summed E-state index contributed by atoms with van der Waals surface area (Å²) in [5.41, 5.74) is 0.790. The molecule has 0 saturated carbocycles. The summed E-state index contributed by atoms with van der Waals surface area (Å²) in [6.45, 7) is 13.1. The topological polar surface area (TPSA) is 78.9 Å². The molecule has 7 nitrogen and oxygen atoms in total. The van der Waals surface area contributed by atoms with E-state index in [2.05, 4.69) is 41.8 Å². The Morgan fingerprint density at radius 2 is 1.87 bits per heavy atom. The van der Waals surface area contributed by atoms with Crippen LogP contribution in [0.25, 0.3) is 0 Å². The summed E-state index contributed by atoms with van der Waals surface area (Å²) in [6.07, 6.45) is 4.67. The fourth-order valence-electron chi connectivity index (χ4n) is 4.35. The number of hydrogen-bond donors (Lipinski definition) is 2. The van der Waals surface area contributed by atoms with E-state index in [4.69, 9.17) is 9.72 Å². The Bertz CT molecular complexity index is 779. The molecule has 8 heteroatoms. The van der Waals surface area contributed by atoms with Crippen LogP contribution in [0.2, 0.25) is 0 Å². The lowest BCUT2D eigenvalue weighted by Crippen LogP contribution is -2.55. The van der Waals surface area contributed by atoms with E-state index in [1.807, 2.05) is 25.7 Å². The maximum Gasteiger partial charge on any atom is 0.410 e. The summed E-state index contributed by atoms with van der Waals surface area (Å²) in [5, 5.41) is 10.3. The summed E-state index contributed by atoms with van der Waals surface area (Å²) in [5.74, 6) is 0.822. The molecule has 1 amide bonds. The van der Waals surface area contributed by atoms with Gasteiger partial charge in [-0.2, -0.15) is 0 Å². The molecule has 2 atom stereocenters. The van der Waals surface area contributed by atoms with Gasteiger partial charge in [-0.05, 0) is 46.5 Å². The van der Waals surface area contributed by atoms with E-state index in [0.29, 0.717) is 6.04 Å². The highest BCUT2D eigenvalue weighted by Gasteiger charge is 2.45. The minimum atomic E-state index is -0.456. The monoisotopic (exact) mass is 449 g/mol. The quantitative estimate of drug-likeness (QED) is 0.535. The standard InChI is InChI=1S/C23H39N5O2S/c1-22(2,3)18-14-31-19(27-18)10-11-25-20(24-7)26-15-12-16-8-9-17(13-15)28(16)21(29)30-23(4,5)6/h14-17H,8-13H2,1-7H3,(H2,24,25,26). The number of guanidine groups is 1. The number of nitrogens with zero attached hydrogens (tertiary/aromatic N) is 3.